The average Bonchev–Trinajstić information content (AvgIpc) is 2.23. The Bertz CT molecular complexity index is 362. The van der Waals surface area contributed by atoms with E-state index in [1.807, 2.05) is 0 Å². The molecular weight excluding hydrogens is 262 g/mol. The highest BCUT2D eigenvalue weighted by Gasteiger charge is 2.39. The van der Waals surface area contributed by atoms with Gasteiger partial charge in [-0.05, 0) is 18.1 Å². The molecular formula is C13H25NO4Si. The lowest BCUT2D eigenvalue weighted by atomic mass is 10.1. The molecule has 0 aromatic rings. The first-order chi connectivity index (χ1) is 8.56. The van der Waals surface area contributed by atoms with Gasteiger partial charge in [-0.3, -0.25) is 4.79 Å². The third-order valence-electron chi connectivity index (χ3n) is 4.21. The van der Waals surface area contributed by atoms with E-state index < -0.39 is 20.3 Å². The van der Waals surface area contributed by atoms with Crippen molar-refractivity contribution in [3.63, 3.8) is 0 Å². The van der Waals surface area contributed by atoms with Crippen LogP contribution in [0.25, 0.3) is 0 Å². The maximum atomic E-state index is 11.3. The Morgan fingerprint density at radius 3 is 2.37 bits per heavy atom. The van der Waals surface area contributed by atoms with Crippen LogP contribution in [0, 0.1) is 0 Å². The highest BCUT2D eigenvalue weighted by atomic mass is 28.4. The minimum absolute atomic E-state index is 0.0697. The summed E-state index contributed by atoms with van der Waals surface area (Å²) in [7, 11) is -1.85. The molecule has 0 spiro atoms. The number of β-lactam (4-membered cyclic amide) rings is 1. The van der Waals surface area contributed by atoms with Crippen LogP contribution in [0.15, 0.2) is 0 Å². The standard InChI is InChI=1S/C13H25NO4Si/c1-13(2,3)19(4,5)18-9-7-10(12(16)17)14-8-6-11(14)15/h10H,6-9H2,1-5H3,(H,16,17)/t10-/m0/s1. The molecule has 19 heavy (non-hydrogen) atoms. The van der Waals surface area contributed by atoms with E-state index in [2.05, 4.69) is 33.9 Å². The van der Waals surface area contributed by atoms with Crippen molar-refractivity contribution < 1.29 is 19.1 Å². The summed E-state index contributed by atoms with van der Waals surface area (Å²) in [6.07, 6.45) is 0.834. The van der Waals surface area contributed by atoms with Gasteiger partial charge in [-0.15, -0.1) is 0 Å². The van der Waals surface area contributed by atoms with Crippen LogP contribution in [0.3, 0.4) is 0 Å². The molecule has 6 heteroatoms. The first-order valence-electron chi connectivity index (χ1n) is 6.72. The number of rotatable bonds is 6. The fraction of sp³-hybridized carbons (Fsp3) is 0.846. The minimum atomic E-state index is -1.85. The second-order valence-electron chi connectivity index (χ2n) is 6.59. The predicted octanol–water partition coefficient (Wildman–Crippen LogP) is 2.08. The van der Waals surface area contributed by atoms with Gasteiger partial charge in [-0.1, -0.05) is 20.8 Å². The Morgan fingerprint density at radius 1 is 1.47 bits per heavy atom. The molecule has 0 aromatic heterocycles. The lowest BCUT2D eigenvalue weighted by molar-refractivity contribution is -0.156. The summed E-state index contributed by atoms with van der Waals surface area (Å²) < 4.78 is 5.97. The van der Waals surface area contributed by atoms with Crippen molar-refractivity contribution in [1.29, 1.82) is 0 Å². The van der Waals surface area contributed by atoms with Crippen molar-refractivity contribution in [2.24, 2.45) is 0 Å². The Morgan fingerprint density at radius 2 is 2.05 bits per heavy atom. The monoisotopic (exact) mass is 287 g/mol. The Labute approximate surface area is 116 Å². The number of hydrogen-bond donors (Lipinski definition) is 1. The highest BCUT2D eigenvalue weighted by molar-refractivity contribution is 6.74. The zero-order valence-corrected chi connectivity index (χ0v) is 13.5. The van der Waals surface area contributed by atoms with Crippen LogP contribution in [-0.2, 0) is 14.0 Å². The van der Waals surface area contributed by atoms with Crippen LogP contribution in [0.4, 0.5) is 0 Å². The smallest absolute Gasteiger partial charge is 0.326 e. The first kappa shape index (κ1) is 16.2. The van der Waals surface area contributed by atoms with Gasteiger partial charge < -0.3 is 14.4 Å². The molecule has 0 aromatic carbocycles. The number of aliphatic carboxylic acids is 1. The normalized spacial score (nSPS) is 18.2. The van der Waals surface area contributed by atoms with Crippen LogP contribution in [0.5, 0.6) is 0 Å². The molecule has 1 heterocycles. The molecule has 0 bridgehead atoms. The second kappa shape index (κ2) is 5.62. The Balaban J connectivity index is 2.50. The van der Waals surface area contributed by atoms with Gasteiger partial charge in [-0.2, -0.15) is 0 Å². The van der Waals surface area contributed by atoms with Crippen molar-refractivity contribution >= 4 is 20.2 Å². The SMILES string of the molecule is CC(C)(C)[Si](C)(C)OCC[C@@H](C(=O)O)N1CCC1=O. The highest BCUT2D eigenvalue weighted by Crippen LogP contribution is 2.36. The lowest BCUT2D eigenvalue weighted by Gasteiger charge is -2.38. The third kappa shape index (κ3) is 3.79. The minimum Gasteiger partial charge on any atom is -0.480 e. The van der Waals surface area contributed by atoms with E-state index in [-0.39, 0.29) is 10.9 Å². The average molecular weight is 287 g/mol. The van der Waals surface area contributed by atoms with Gasteiger partial charge in [0.2, 0.25) is 5.91 Å². The fourth-order valence-corrected chi connectivity index (χ4v) is 2.78. The van der Waals surface area contributed by atoms with Gasteiger partial charge in [0.25, 0.3) is 0 Å². The fourth-order valence-electron chi connectivity index (χ4n) is 1.72. The zero-order chi connectivity index (χ0) is 14.8. The number of carboxylic acids is 1. The van der Waals surface area contributed by atoms with Crippen molar-refractivity contribution in [2.45, 2.75) is 57.8 Å². The van der Waals surface area contributed by atoms with Gasteiger partial charge in [0.05, 0.1) is 0 Å². The molecule has 0 radical (unpaired) electrons. The van der Waals surface area contributed by atoms with Gasteiger partial charge in [0.15, 0.2) is 8.32 Å². The maximum absolute atomic E-state index is 11.3. The number of carbonyl (C=O) groups excluding carboxylic acids is 1. The summed E-state index contributed by atoms with van der Waals surface area (Å²) in [5.41, 5.74) is 0. The van der Waals surface area contributed by atoms with Crippen LogP contribution in [0.2, 0.25) is 18.1 Å². The van der Waals surface area contributed by atoms with E-state index in [1.165, 1.54) is 4.90 Å². The summed E-state index contributed by atoms with van der Waals surface area (Å²) in [6.45, 7) is 11.7. The van der Waals surface area contributed by atoms with Gasteiger partial charge in [0.1, 0.15) is 6.04 Å². The summed E-state index contributed by atoms with van der Waals surface area (Å²) in [5.74, 6) is -1.01. The van der Waals surface area contributed by atoms with E-state index in [0.717, 1.165) is 0 Å². The number of carboxylic acid groups (broad SMARTS) is 1. The number of likely N-dealkylation sites (tertiary alicyclic amines) is 1. The van der Waals surface area contributed by atoms with E-state index in [9.17, 15) is 14.7 Å². The molecule has 1 aliphatic heterocycles. The number of hydrogen-bond acceptors (Lipinski definition) is 3. The predicted molar refractivity (Wildman–Crippen MR) is 75.5 cm³/mol. The topological polar surface area (TPSA) is 66.8 Å². The van der Waals surface area contributed by atoms with Crippen LogP contribution < -0.4 is 0 Å². The van der Waals surface area contributed by atoms with Gasteiger partial charge in [0, 0.05) is 26.0 Å². The molecule has 0 saturated carbocycles. The quantitative estimate of drug-likeness (QED) is 0.600. The molecule has 1 fully saturated rings. The molecule has 0 aliphatic carbocycles. The molecule has 1 rings (SSSR count). The van der Waals surface area contributed by atoms with Crippen LogP contribution in [0.1, 0.15) is 33.6 Å². The van der Waals surface area contributed by atoms with Crippen molar-refractivity contribution in [1.82, 2.24) is 4.90 Å². The van der Waals surface area contributed by atoms with Gasteiger partial charge >= 0.3 is 5.97 Å². The van der Waals surface area contributed by atoms with E-state index in [4.69, 9.17) is 4.43 Å². The summed E-state index contributed by atoms with van der Waals surface area (Å²) in [6, 6.07) is -0.731. The van der Waals surface area contributed by atoms with Gasteiger partial charge in [-0.25, -0.2) is 4.79 Å². The molecule has 1 N–H and O–H groups in total. The number of amides is 1. The van der Waals surface area contributed by atoms with Crippen molar-refractivity contribution in [3.8, 4) is 0 Å². The molecule has 5 nitrogen and oxygen atoms in total. The van der Waals surface area contributed by atoms with Crippen LogP contribution >= 0.6 is 0 Å². The Kier molecular flexibility index (Phi) is 4.79. The Hall–Kier alpha value is -0.883. The molecule has 1 atom stereocenters. The second-order valence-corrected chi connectivity index (χ2v) is 11.4. The third-order valence-corrected chi connectivity index (χ3v) is 8.75. The molecule has 1 amide bonds. The van der Waals surface area contributed by atoms with Crippen molar-refractivity contribution in [2.75, 3.05) is 13.2 Å². The van der Waals surface area contributed by atoms with E-state index in [0.29, 0.717) is 26.0 Å². The van der Waals surface area contributed by atoms with Crippen LogP contribution in [-0.4, -0.2) is 49.4 Å². The van der Waals surface area contributed by atoms with Crippen molar-refractivity contribution in [3.05, 3.63) is 0 Å². The molecule has 0 unspecified atom stereocenters. The summed E-state index contributed by atoms with van der Waals surface area (Å²) in [5, 5.41) is 9.29. The lowest BCUT2D eigenvalue weighted by Crippen LogP contribution is -2.53. The zero-order valence-electron chi connectivity index (χ0n) is 12.5. The largest absolute Gasteiger partial charge is 0.480 e. The summed E-state index contributed by atoms with van der Waals surface area (Å²) >= 11 is 0. The number of nitrogens with zero attached hydrogens (tertiary/aromatic N) is 1. The molecule has 1 aliphatic rings. The van der Waals surface area contributed by atoms with E-state index in [1.54, 1.807) is 0 Å². The molecule has 110 valence electrons. The first-order valence-corrected chi connectivity index (χ1v) is 9.63. The number of carbonyl (C=O) groups is 2. The summed E-state index contributed by atoms with van der Waals surface area (Å²) in [4.78, 5) is 23.9. The molecule has 1 saturated heterocycles. The maximum Gasteiger partial charge on any atom is 0.326 e. The van der Waals surface area contributed by atoms with E-state index >= 15 is 0 Å².